The molecule has 154 valence electrons. The average molecular weight is 474 g/mol. The first-order chi connectivity index (χ1) is 13.8. The highest BCUT2D eigenvalue weighted by Crippen LogP contribution is 2.39. The van der Waals surface area contributed by atoms with Crippen LogP contribution in [0, 0.1) is 23.7 Å². The number of halogens is 3. The van der Waals surface area contributed by atoms with Crippen molar-refractivity contribution in [1.29, 1.82) is 0 Å². The van der Waals surface area contributed by atoms with Gasteiger partial charge in [-0.2, -0.15) is 0 Å². The molecule has 0 radical (unpaired) electrons. The van der Waals surface area contributed by atoms with E-state index in [1.165, 1.54) is 11.3 Å². The van der Waals surface area contributed by atoms with Crippen LogP contribution in [0.4, 0.5) is 4.79 Å². The lowest BCUT2D eigenvalue weighted by Crippen LogP contribution is -2.19. The third-order valence-corrected chi connectivity index (χ3v) is 6.80. The SMILES string of the molecule is O=C(O)Oc1ccc(CCC[C@@H]2[C@@H](C#Cc3cc(Cl)cc(Cl)c3)[C@H](O)C[C@H]2Cl)s1. The van der Waals surface area contributed by atoms with Crippen molar-refractivity contribution in [2.24, 2.45) is 11.8 Å². The lowest BCUT2D eigenvalue weighted by Gasteiger charge is -2.18. The van der Waals surface area contributed by atoms with E-state index in [4.69, 9.17) is 39.9 Å². The third-order valence-electron chi connectivity index (χ3n) is 4.84. The van der Waals surface area contributed by atoms with Crippen molar-refractivity contribution < 1.29 is 19.7 Å². The van der Waals surface area contributed by atoms with Crippen molar-refractivity contribution in [3.05, 3.63) is 50.8 Å². The fraction of sp³-hybridized carbons (Fsp3) is 0.381. The molecular formula is C21H19Cl3O4S. The van der Waals surface area contributed by atoms with Gasteiger partial charge in [0.15, 0.2) is 5.06 Å². The summed E-state index contributed by atoms with van der Waals surface area (Å²) in [5.41, 5.74) is 0.705. The van der Waals surface area contributed by atoms with Gasteiger partial charge in [0, 0.05) is 25.9 Å². The highest BCUT2D eigenvalue weighted by Gasteiger charge is 2.40. The molecule has 1 saturated carbocycles. The molecule has 29 heavy (non-hydrogen) atoms. The van der Waals surface area contributed by atoms with E-state index in [2.05, 4.69) is 16.6 Å². The Bertz CT molecular complexity index is 913. The number of rotatable bonds is 5. The minimum Gasteiger partial charge on any atom is -0.449 e. The summed E-state index contributed by atoms with van der Waals surface area (Å²) >= 11 is 19.8. The minimum atomic E-state index is -1.31. The number of hydrogen-bond donors (Lipinski definition) is 2. The van der Waals surface area contributed by atoms with Gasteiger partial charge in [-0.25, -0.2) is 4.79 Å². The molecule has 1 aromatic heterocycles. The average Bonchev–Trinajstić information content (AvgIpc) is 3.16. The van der Waals surface area contributed by atoms with Crippen molar-refractivity contribution in [2.45, 2.75) is 37.2 Å². The Hall–Kier alpha value is -1.42. The van der Waals surface area contributed by atoms with Crippen LogP contribution < -0.4 is 4.74 Å². The van der Waals surface area contributed by atoms with E-state index in [-0.39, 0.29) is 17.2 Å². The Balaban J connectivity index is 1.62. The second-order valence-electron chi connectivity index (χ2n) is 6.92. The zero-order chi connectivity index (χ0) is 21.0. The summed E-state index contributed by atoms with van der Waals surface area (Å²) in [6, 6.07) is 8.64. The van der Waals surface area contributed by atoms with Gasteiger partial charge in [0.1, 0.15) is 0 Å². The van der Waals surface area contributed by atoms with Crippen LogP contribution in [0.5, 0.6) is 5.06 Å². The lowest BCUT2D eigenvalue weighted by molar-refractivity contribution is 0.144. The van der Waals surface area contributed by atoms with E-state index < -0.39 is 12.3 Å². The van der Waals surface area contributed by atoms with Crippen molar-refractivity contribution in [2.75, 3.05) is 0 Å². The number of benzene rings is 1. The summed E-state index contributed by atoms with van der Waals surface area (Å²) in [6.07, 6.45) is 1.08. The number of hydrogen-bond acceptors (Lipinski definition) is 4. The highest BCUT2D eigenvalue weighted by atomic mass is 35.5. The molecule has 2 N–H and O–H groups in total. The molecule has 0 aliphatic heterocycles. The normalized spacial score (nSPS) is 23.4. The number of carbonyl (C=O) groups is 1. The molecule has 0 unspecified atom stereocenters. The summed E-state index contributed by atoms with van der Waals surface area (Å²) in [5.74, 6) is 6.10. The molecule has 1 fully saturated rings. The fourth-order valence-electron chi connectivity index (χ4n) is 3.56. The number of aliphatic hydroxyl groups is 1. The maximum Gasteiger partial charge on any atom is 0.512 e. The van der Waals surface area contributed by atoms with Crippen LogP contribution in [0.1, 0.15) is 29.7 Å². The molecule has 1 aliphatic rings. The lowest BCUT2D eigenvalue weighted by atomic mass is 9.90. The molecule has 4 nitrogen and oxygen atoms in total. The smallest absolute Gasteiger partial charge is 0.449 e. The van der Waals surface area contributed by atoms with Gasteiger partial charge < -0.3 is 14.9 Å². The number of ether oxygens (including phenoxy) is 1. The molecule has 4 atom stereocenters. The topological polar surface area (TPSA) is 66.8 Å². The van der Waals surface area contributed by atoms with E-state index in [1.807, 2.05) is 6.07 Å². The summed E-state index contributed by atoms with van der Waals surface area (Å²) in [4.78, 5) is 11.6. The largest absolute Gasteiger partial charge is 0.512 e. The summed E-state index contributed by atoms with van der Waals surface area (Å²) in [7, 11) is 0. The number of alkyl halides is 1. The molecule has 3 rings (SSSR count). The van der Waals surface area contributed by atoms with Crippen LogP contribution >= 0.6 is 46.1 Å². The van der Waals surface area contributed by atoms with Gasteiger partial charge in [0.2, 0.25) is 0 Å². The Morgan fingerprint density at radius 3 is 2.66 bits per heavy atom. The first-order valence-electron chi connectivity index (χ1n) is 9.11. The first-order valence-corrected chi connectivity index (χ1v) is 11.1. The number of aliphatic hydroxyl groups excluding tert-OH is 1. The van der Waals surface area contributed by atoms with Crippen LogP contribution in [-0.4, -0.2) is 27.8 Å². The van der Waals surface area contributed by atoms with E-state index in [9.17, 15) is 9.90 Å². The van der Waals surface area contributed by atoms with E-state index in [0.717, 1.165) is 24.1 Å². The minimum absolute atomic E-state index is 0.0727. The van der Waals surface area contributed by atoms with Gasteiger partial charge >= 0.3 is 6.16 Å². The number of carboxylic acid groups (broad SMARTS) is 1. The molecule has 0 spiro atoms. The molecule has 0 saturated heterocycles. The van der Waals surface area contributed by atoms with Crippen molar-refractivity contribution in [1.82, 2.24) is 0 Å². The van der Waals surface area contributed by atoms with Gasteiger partial charge in [-0.1, -0.05) is 35.0 Å². The predicted molar refractivity (Wildman–Crippen MR) is 116 cm³/mol. The predicted octanol–water partition coefficient (Wildman–Crippen LogP) is 6.09. The Morgan fingerprint density at radius 1 is 1.24 bits per heavy atom. The molecule has 0 bridgehead atoms. The summed E-state index contributed by atoms with van der Waals surface area (Å²) < 4.78 is 4.66. The van der Waals surface area contributed by atoms with Gasteiger partial charge in [0.25, 0.3) is 0 Å². The zero-order valence-electron chi connectivity index (χ0n) is 15.3. The maximum atomic E-state index is 10.6. The van der Waals surface area contributed by atoms with E-state index >= 15 is 0 Å². The quantitative estimate of drug-likeness (QED) is 0.313. The fourth-order valence-corrected chi connectivity index (χ4v) is 5.45. The van der Waals surface area contributed by atoms with E-state index in [1.54, 1.807) is 24.3 Å². The molecule has 0 amide bonds. The first kappa shape index (κ1) is 22.3. The van der Waals surface area contributed by atoms with Gasteiger partial charge in [-0.15, -0.1) is 22.9 Å². The van der Waals surface area contributed by atoms with Crippen LogP contribution in [-0.2, 0) is 6.42 Å². The molecule has 1 heterocycles. The molecule has 1 aromatic carbocycles. The van der Waals surface area contributed by atoms with Crippen molar-refractivity contribution >= 4 is 52.3 Å². The number of thiophene rings is 1. The second kappa shape index (κ2) is 10.1. The molecule has 8 heteroatoms. The molecule has 1 aliphatic carbocycles. The standard InChI is InChI=1S/C21H19Cl3O4S/c22-13-8-12(9-14(23)10-13)4-6-17-16(18(24)11-19(17)25)3-1-2-15-5-7-20(29-15)28-21(26)27/h5,7-10,16-19,25H,1-3,11H2,(H,26,27)/t16-,17-,18-,19-/m1/s1. The highest BCUT2D eigenvalue weighted by molar-refractivity contribution is 7.13. The summed E-state index contributed by atoms with van der Waals surface area (Å²) in [5, 5.41) is 20.3. The van der Waals surface area contributed by atoms with Crippen molar-refractivity contribution in [3.63, 3.8) is 0 Å². The van der Waals surface area contributed by atoms with Crippen LogP contribution in [0.2, 0.25) is 10.0 Å². The van der Waals surface area contributed by atoms with E-state index in [0.29, 0.717) is 27.1 Å². The Kier molecular flexibility index (Phi) is 7.72. The van der Waals surface area contributed by atoms with Gasteiger partial charge in [-0.3, -0.25) is 0 Å². The Labute approximate surface area is 188 Å². The van der Waals surface area contributed by atoms with Crippen LogP contribution in [0.15, 0.2) is 30.3 Å². The van der Waals surface area contributed by atoms with Crippen molar-refractivity contribution in [3.8, 4) is 16.9 Å². The summed E-state index contributed by atoms with van der Waals surface area (Å²) in [6.45, 7) is 0. The maximum absolute atomic E-state index is 10.6. The molecular weight excluding hydrogens is 455 g/mol. The van der Waals surface area contributed by atoms with Crippen LogP contribution in [0.25, 0.3) is 0 Å². The van der Waals surface area contributed by atoms with Gasteiger partial charge in [0.05, 0.1) is 12.0 Å². The van der Waals surface area contributed by atoms with Crippen LogP contribution in [0.3, 0.4) is 0 Å². The number of aryl methyl sites for hydroxylation is 1. The van der Waals surface area contributed by atoms with Gasteiger partial charge in [-0.05, 0) is 61.9 Å². The third kappa shape index (κ3) is 6.28. The second-order valence-corrected chi connectivity index (χ2v) is 9.48. The monoisotopic (exact) mass is 472 g/mol. The molecule has 2 aromatic rings. The Morgan fingerprint density at radius 2 is 1.97 bits per heavy atom. The zero-order valence-corrected chi connectivity index (χ0v) is 18.4.